The van der Waals surface area contributed by atoms with Gasteiger partial charge in [0.25, 0.3) is 11.8 Å². The average molecular weight is 405 g/mol. The summed E-state index contributed by atoms with van der Waals surface area (Å²) in [6.45, 7) is 5.86. The fourth-order valence-corrected chi connectivity index (χ4v) is 3.07. The van der Waals surface area contributed by atoms with Gasteiger partial charge in [-0.1, -0.05) is 11.6 Å². The minimum atomic E-state index is -0.477. The minimum absolute atomic E-state index is 0.206. The fraction of sp³-hybridized carbons (Fsp3) is 0.353. The molecule has 10 nitrogen and oxygen atoms in total. The first kappa shape index (κ1) is 19.6. The maximum absolute atomic E-state index is 12.9. The highest BCUT2D eigenvalue weighted by Crippen LogP contribution is 2.23. The zero-order valence-corrected chi connectivity index (χ0v) is 17.0. The number of hydrogen-bond acceptors (Lipinski definition) is 5. The van der Waals surface area contributed by atoms with Crippen molar-refractivity contribution in [2.45, 2.75) is 27.3 Å². The molecular formula is C17H21ClN8O2. The number of carbonyl (C=O) groups excluding carboxylic acids is 2. The Bertz CT molecular complexity index is 1060. The SMILES string of the molecule is CCn1ncc(NC(=O)c2c(Cl)c(C)nn2C)c1C(=O)Nc1cnn(C)c1C. The van der Waals surface area contributed by atoms with Crippen LogP contribution in [-0.2, 0) is 20.6 Å². The van der Waals surface area contributed by atoms with Crippen molar-refractivity contribution in [3.8, 4) is 0 Å². The van der Waals surface area contributed by atoms with Crippen LogP contribution in [-0.4, -0.2) is 41.2 Å². The van der Waals surface area contributed by atoms with E-state index in [2.05, 4.69) is 25.9 Å². The van der Waals surface area contributed by atoms with E-state index in [0.717, 1.165) is 5.69 Å². The van der Waals surface area contributed by atoms with Gasteiger partial charge in [0.2, 0.25) is 0 Å². The van der Waals surface area contributed by atoms with Crippen molar-refractivity contribution in [3.05, 3.63) is 40.2 Å². The molecule has 0 bridgehead atoms. The van der Waals surface area contributed by atoms with Crippen molar-refractivity contribution in [3.63, 3.8) is 0 Å². The van der Waals surface area contributed by atoms with E-state index in [9.17, 15) is 9.59 Å². The Morgan fingerprint density at radius 2 is 1.61 bits per heavy atom. The summed E-state index contributed by atoms with van der Waals surface area (Å²) in [5.74, 6) is -0.881. The Morgan fingerprint density at radius 1 is 1.00 bits per heavy atom. The van der Waals surface area contributed by atoms with Crippen LogP contribution in [0.15, 0.2) is 12.4 Å². The average Bonchev–Trinajstić information content (AvgIpc) is 3.26. The van der Waals surface area contributed by atoms with Crippen LogP contribution in [0.25, 0.3) is 0 Å². The topological polar surface area (TPSA) is 112 Å². The molecule has 0 aliphatic rings. The predicted molar refractivity (Wildman–Crippen MR) is 105 cm³/mol. The van der Waals surface area contributed by atoms with E-state index in [0.29, 0.717) is 17.9 Å². The lowest BCUT2D eigenvalue weighted by Crippen LogP contribution is -2.22. The molecule has 3 heterocycles. The number of carbonyl (C=O) groups is 2. The van der Waals surface area contributed by atoms with Crippen LogP contribution in [0.2, 0.25) is 5.02 Å². The lowest BCUT2D eigenvalue weighted by atomic mass is 10.3. The first-order chi connectivity index (χ1) is 13.2. The number of aromatic nitrogens is 6. The first-order valence-corrected chi connectivity index (χ1v) is 8.98. The molecule has 0 saturated heterocycles. The zero-order chi connectivity index (χ0) is 20.6. The molecule has 3 aromatic heterocycles. The van der Waals surface area contributed by atoms with Gasteiger partial charge in [0, 0.05) is 20.6 Å². The summed E-state index contributed by atoms with van der Waals surface area (Å²) in [5, 5.41) is 18.2. The van der Waals surface area contributed by atoms with Gasteiger partial charge >= 0.3 is 0 Å². The van der Waals surface area contributed by atoms with Crippen molar-refractivity contribution >= 4 is 34.8 Å². The molecule has 0 aliphatic heterocycles. The molecule has 0 atom stereocenters. The van der Waals surface area contributed by atoms with E-state index in [1.807, 2.05) is 13.8 Å². The van der Waals surface area contributed by atoms with Crippen LogP contribution >= 0.6 is 11.6 Å². The van der Waals surface area contributed by atoms with Crippen LogP contribution in [0, 0.1) is 13.8 Å². The third-order valence-corrected chi connectivity index (χ3v) is 4.90. The number of halogens is 1. The molecule has 2 amide bonds. The molecule has 0 aromatic carbocycles. The Hall–Kier alpha value is -3.14. The zero-order valence-electron chi connectivity index (χ0n) is 16.2. The van der Waals surface area contributed by atoms with E-state index in [-0.39, 0.29) is 22.1 Å². The second-order valence-electron chi connectivity index (χ2n) is 6.27. The van der Waals surface area contributed by atoms with Crippen LogP contribution in [0.1, 0.15) is 39.3 Å². The minimum Gasteiger partial charge on any atom is -0.318 e. The van der Waals surface area contributed by atoms with Gasteiger partial charge < -0.3 is 10.6 Å². The van der Waals surface area contributed by atoms with Crippen molar-refractivity contribution in [1.29, 1.82) is 0 Å². The van der Waals surface area contributed by atoms with Crippen LogP contribution in [0.5, 0.6) is 0 Å². The molecule has 148 valence electrons. The van der Waals surface area contributed by atoms with E-state index < -0.39 is 11.8 Å². The molecule has 3 aromatic rings. The normalized spacial score (nSPS) is 10.9. The summed E-state index contributed by atoms with van der Waals surface area (Å²) >= 11 is 6.18. The monoisotopic (exact) mass is 404 g/mol. The molecule has 28 heavy (non-hydrogen) atoms. The van der Waals surface area contributed by atoms with Gasteiger partial charge in [-0.15, -0.1) is 0 Å². The van der Waals surface area contributed by atoms with Crippen molar-refractivity contribution in [2.75, 3.05) is 10.6 Å². The lowest BCUT2D eigenvalue weighted by molar-refractivity contribution is 0.101. The molecule has 0 spiro atoms. The van der Waals surface area contributed by atoms with Gasteiger partial charge in [0.05, 0.1) is 40.2 Å². The van der Waals surface area contributed by atoms with E-state index in [4.69, 9.17) is 11.6 Å². The third kappa shape index (κ3) is 3.38. The summed E-state index contributed by atoms with van der Waals surface area (Å²) in [5.41, 5.74) is 2.65. The smallest absolute Gasteiger partial charge is 0.276 e. The van der Waals surface area contributed by atoms with Gasteiger partial charge in [-0.25, -0.2) is 0 Å². The Labute approximate surface area is 166 Å². The Balaban J connectivity index is 1.91. The van der Waals surface area contributed by atoms with Crippen LogP contribution in [0.3, 0.4) is 0 Å². The van der Waals surface area contributed by atoms with E-state index in [1.54, 1.807) is 31.9 Å². The Kier molecular flexibility index (Phi) is 5.23. The van der Waals surface area contributed by atoms with Gasteiger partial charge in [-0.3, -0.25) is 23.6 Å². The highest BCUT2D eigenvalue weighted by Gasteiger charge is 2.24. The molecule has 0 aliphatic carbocycles. The number of aryl methyl sites for hydroxylation is 4. The highest BCUT2D eigenvalue weighted by atomic mass is 35.5. The molecular weight excluding hydrogens is 384 g/mol. The number of nitrogens with one attached hydrogen (secondary N) is 2. The fourth-order valence-electron chi connectivity index (χ4n) is 2.82. The molecule has 2 N–H and O–H groups in total. The third-order valence-electron chi connectivity index (χ3n) is 4.45. The van der Waals surface area contributed by atoms with Crippen molar-refractivity contribution < 1.29 is 9.59 Å². The summed E-state index contributed by atoms with van der Waals surface area (Å²) in [7, 11) is 3.41. The maximum atomic E-state index is 12.9. The molecule has 0 saturated carbocycles. The number of hydrogen-bond donors (Lipinski definition) is 2. The standard InChI is InChI=1S/C17H21ClN8O2/c1-6-26-14(16(27)21-11-7-19-24(4)10(11)3)12(8-20-26)22-17(28)15-13(18)9(2)23-25(15)5/h7-8H,6H2,1-5H3,(H,21,27)(H,22,28). The molecule has 0 radical (unpaired) electrons. The van der Waals surface area contributed by atoms with Crippen LogP contribution in [0.4, 0.5) is 11.4 Å². The number of rotatable bonds is 5. The molecule has 0 fully saturated rings. The van der Waals surface area contributed by atoms with Crippen molar-refractivity contribution in [1.82, 2.24) is 29.3 Å². The molecule has 3 rings (SSSR count). The van der Waals surface area contributed by atoms with Crippen molar-refractivity contribution in [2.24, 2.45) is 14.1 Å². The second-order valence-corrected chi connectivity index (χ2v) is 6.65. The highest BCUT2D eigenvalue weighted by molar-refractivity contribution is 6.34. The quantitative estimate of drug-likeness (QED) is 0.676. The lowest BCUT2D eigenvalue weighted by Gasteiger charge is -2.10. The first-order valence-electron chi connectivity index (χ1n) is 8.60. The number of nitrogens with zero attached hydrogens (tertiary/aromatic N) is 6. The van der Waals surface area contributed by atoms with E-state index in [1.165, 1.54) is 15.6 Å². The Morgan fingerprint density at radius 3 is 2.14 bits per heavy atom. The maximum Gasteiger partial charge on any atom is 0.276 e. The molecule has 11 heteroatoms. The summed E-state index contributed by atoms with van der Waals surface area (Å²) < 4.78 is 4.56. The summed E-state index contributed by atoms with van der Waals surface area (Å²) in [4.78, 5) is 25.6. The largest absolute Gasteiger partial charge is 0.318 e. The van der Waals surface area contributed by atoms with Gasteiger partial charge in [0.15, 0.2) is 0 Å². The van der Waals surface area contributed by atoms with Gasteiger partial charge in [-0.2, -0.15) is 15.3 Å². The van der Waals surface area contributed by atoms with Gasteiger partial charge in [0.1, 0.15) is 11.4 Å². The predicted octanol–water partition coefficient (Wildman–Crippen LogP) is 2.14. The number of amides is 2. The summed E-state index contributed by atoms with van der Waals surface area (Å²) in [6, 6.07) is 0. The molecule has 0 unspecified atom stereocenters. The summed E-state index contributed by atoms with van der Waals surface area (Å²) in [6.07, 6.45) is 3.00. The van der Waals surface area contributed by atoms with Gasteiger partial charge in [-0.05, 0) is 20.8 Å². The van der Waals surface area contributed by atoms with Crippen LogP contribution < -0.4 is 10.6 Å². The second kappa shape index (κ2) is 7.47. The number of anilines is 2. The van der Waals surface area contributed by atoms with E-state index >= 15 is 0 Å².